The Morgan fingerprint density at radius 1 is 1.54 bits per heavy atom. The van der Waals surface area contributed by atoms with Crippen molar-refractivity contribution < 1.29 is 4.79 Å². The van der Waals surface area contributed by atoms with E-state index in [0.29, 0.717) is 6.54 Å². The molecule has 1 unspecified atom stereocenters. The van der Waals surface area contributed by atoms with Crippen LogP contribution in [-0.4, -0.2) is 25.9 Å². The van der Waals surface area contributed by atoms with Crippen LogP contribution in [0.4, 0.5) is 11.4 Å². The van der Waals surface area contributed by atoms with E-state index in [2.05, 4.69) is 5.32 Å². The number of carbonyl (C=O) groups is 1. The van der Waals surface area contributed by atoms with E-state index in [1.54, 1.807) is 0 Å². The molecule has 1 aromatic rings. The SMILES string of the molecule is CN1c2ccccc2NCC1C=O. The normalized spacial score (nSPS) is 20.4. The van der Waals surface area contributed by atoms with Crippen molar-refractivity contribution >= 4 is 17.7 Å². The number of hydrogen-bond donors (Lipinski definition) is 1. The van der Waals surface area contributed by atoms with Gasteiger partial charge in [-0.05, 0) is 12.1 Å². The molecule has 0 aromatic heterocycles. The maximum Gasteiger partial charge on any atom is 0.144 e. The number of fused-ring (bicyclic) bond motifs is 1. The zero-order chi connectivity index (χ0) is 9.26. The molecule has 0 spiro atoms. The van der Waals surface area contributed by atoms with Gasteiger partial charge in [-0.25, -0.2) is 0 Å². The van der Waals surface area contributed by atoms with E-state index in [1.165, 1.54) is 0 Å². The standard InChI is InChI=1S/C10H12N2O/c1-12-8(7-13)6-11-9-4-2-3-5-10(9)12/h2-5,7-8,11H,6H2,1H3. The lowest BCUT2D eigenvalue weighted by Crippen LogP contribution is -2.42. The van der Waals surface area contributed by atoms with Crippen LogP contribution in [-0.2, 0) is 4.79 Å². The Hall–Kier alpha value is -1.51. The Labute approximate surface area is 77.4 Å². The van der Waals surface area contributed by atoms with Gasteiger partial charge in [0.15, 0.2) is 0 Å². The minimum atomic E-state index is -0.0464. The molecule has 13 heavy (non-hydrogen) atoms. The number of rotatable bonds is 1. The first-order valence-electron chi connectivity index (χ1n) is 4.34. The average molecular weight is 176 g/mol. The van der Waals surface area contributed by atoms with Crippen LogP contribution in [0.1, 0.15) is 0 Å². The third-order valence-corrected chi connectivity index (χ3v) is 2.44. The second-order valence-electron chi connectivity index (χ2n) is 3.21. The maximum atomic E-state index is 10.7. The molecule has 2 rings (SSSR count). The second kappa shape index (κ2) is 3.09. The third-order valence-electron chi connectivity index (χ3n) is 2.44. The summed E-state index contributed by atoms with van der Waals surface area (Å²) in [6.45, 7) is 0.691. The molecule has 1 N–H and O–H groups in total. The minimum absolute atomic E-state index is 0.0464. The number of hydrogen-bond acceptors (Lipinski definition) is 3. The Balaban J connectivity index is 2.38. The summed E-state index contributed by atoms with van der Waals surface area (Å²) in [6.07, 6.45) is 0.975. The fraction of sp³-hybridized carbons (Fsp3) is 0.300. The van der Waals surface area contributed by atoms with Crippen LogP contribution in [0.3, 0.4) is 0 Å². The minimum Gasteiger partial charge on any atom is -0.381 e. The first kappa shape index (κ1) is 8.10. The van der Waals surface area contributed by atoms with Gasteiger partial charge in [0.2, 0.25) is 0 Å². The fourth-order valence-corrected chi connectivity index (χ4v) is 1.60. The summed E-state index contributed by atoms with van der Waals surface area (Å²) in [5, 5.41) is 3.22. The summed E-state index contributed by atoms with van der Waals surface area (Å²) in [5.41, 5.74) is 2.19. The number of likely N-dealkylation sites (N-methyl/N-ethyl adjacent to an activating group) is 1. The number of para-hydroxylation sites is 2. The Bertz CT molecular complexity index is 324. The van der Waals surface area contributed by atoms with Crippen molar-refractivity contribution in [2.45, 2.75) is 6.04 Å². The highest BCUT2D eigenvalue weighted by molar-refractivity contribution is 5.78. The van der Waals surface area contributed by atoms with E-state index in [-0.39, 0.29) is 6.04 Å². The van der Waals surface area contributed by atoms with Crippen LogP contribution in [0.2, 0.25) is 0 Å². The molecule has 0 bridgehead atoms. The quantitative estimate of drug-likeness (QED) is 0.651. The first-order valence-corrected chi connectivity index (χ1v) is 4.34. The number of aldehydes is 1. The molecule has 3 nitrogen and oxygen atoms in total. The monoisotopic (exact) mass is 176 g/mol. The largest absolute Gasteiger partial charge is 0.381 e. The van der Waals surface area contributed by atoms with E-state index in [0.717, 1.165) is 17.7 Å². The molecule has 1 aliphatic rings. The molecule has 68 valence electrons. The van der Waals surface area contributed by atoms with Crippen molar-refractivity contribution in [3.63, 3.8) is 0 Å². The van der Waals surface area contributed by atoms with Crippen LogP contribution in [0.15, 0.2) is 24.3 Å². The van der Waals surface area contributed by atoms with Crippen molar-refractivity contribution in [3.8, 4) is 0 Å². The molecular weight excluding hydrogens is 164 g/mol. The van der Waals surface area contributed by atoms with Gasteiger partial charge >= 0.3 is 0 Å². The van der Waals surface area contributed by atoms with Crippen LogP contribution >= 0.6 is 0 Å². The van der Waals surface area contributed by atoms with Crippen molar-refractivity contribution in [1.29, 1.82) is 0 Å². The predicted molar refractivity (Wildman–Crippen MR) is 53.2 cm³/mol. The number of carbonyl (C=O) groups excluding carboxylic acids is 1. The van der Waals surface area contributed by atoms with E-state index in [9.17, 15) is 4.79 Å². The van der Waals surface area contributed by atoms with Gasteiger partial charge in [0, 0.05) is 13.6 Å². The summed E-state index contributed by atoms with van der Waals surface area (Å²) in [7, 11) is 1.94. The predicted octanol–water partition coefficient (Wildman–Crippen LogP) is 1.12. The van der Waals surface area contributed by atoms with Gasteiger partial charge in [-0.1, -0.05) is 12.1 Å². The van der Waals surface area contributed by atoms with E-state index >= 15 is 0 Å². The number of nitrogens with one attached hydrogen (secondary N) is 1. The highest BCUT2D eigenvalue weighted by atomic mass is 16.1. The molecule has 1 atom stereocenters. The van der Waals surface area contributed by atoms with Crippen molar-refractivity contribution in [3.05, 3.63) is 24.3 Å². The van der Waals surface area contributed by atoms with Gasteiger partial charge in [-0.2, -0.15) is 0 Å². The third kappa shape index (κ3) is 1.26. The number of anilines is 2. The van der Waals surface area contributed by atoms with Gasteiger partial charge in [-0.15, -0.1) is 0 Å². The van der Waals surface area contributed by atoms with Crippen LogP contribution in [0, 0.1) is 0 Å². The smallest absolute Gasteiger partial charge is 0.144 e. The molecule has 1 aliphatic heterocycles. The van der Waals surface area contributed by atoms with Gasteiger partial charge < -0.3 is 15.0 Å². The molecule has 0 aliphatic carbocycles. The summed E-state index contributed by atoms with van der Waals surface area (Å²) >= 11 is 0. The lowest BCUT2D eigenvalue weighted by atomic mass is 10.1. The topological polar surface area (TPSA) is 32.3 Å². The van der Waals surface area contributed by atoms with Crippen LogP contribution < -0.4 is 10.2 Å². The molecule has 1 aromatic carbocycles. The molecule has 0 saturated heterocycles. The fourth-order valence-electron chi connectivity index (χ4n) is 1.60. The first-order chi connectivity index (χ1) is 6.33. The van der Waals surface area contributed by atoms with Crippen LogP contribution in [0.5, 0.6) is 0 Å². The summed E-state index contributed by atoms with van der Waals surface area (Å²) < 4.78 is 0. The highest BCUT2D eigenvalue weighted by Crippen LogP contribution is 2.28. The maximum absolute atomic E-state index is 10.7. The Morgan fingerprint density at radius 3 is 3.08 bits per heavy atom. The molecule has 3 heteroatoms. The number of benzene rings is 1. The summed E-state index contributed by atoms with van der Waals surface area (Å²) in [4.78, 5) is 12.7. The zero-order valence-corrected chi connectivity index (χ0v) is 7.53. The lowest BCUT2D eigenvalue weighted by Gasteiger charge is -2.33. The van der Waals surface area contributed by atoms with E-state index in [1.807, 2.05) is 36.2 Å². The Kier molecular flexibility index (Phi) is 1.93. The molecule has 0 saturated carbocycles. The lowest BCUT2D eigenvalue weighted by molar-refractivity contribution is -0.108. The van der Waals surface area contributed by atoms with Crippen LogP contribution in [0.25, 0.3) is 0 Å². The van der Waals surface area contributed by atoms with Crippen molar-refractivity contribution in [1.82, 2.24) is 0 Å². The molecule has 0 amide bonds. The van der Waals surface area contributed by atoms with Gasteiger partial charge in [-0.3, -0.25) is 0 Å². The summed E-state index contributed by atoms with van der Waals surface area (Å²) in [5.74, 6) is 0. The van der Waals surface area contributed by atoms with E-state index < -0.39 is 0 Å². The number of nitrogens with zero attached hydrogens (tertiary/aromatic N) is 1. The van der Waals surface area contributed by atoms with Crippen molar-refractivity contribution in [2.24, 2.45) is 0 Å². The average Bonchev–Trinajstić information content (AvgIpc) is 2.19. The van der Waals surface area contributed by atoms with E-state index in [4.69, 9.17) is 0 Å². The van der Waals surface area contributed by atoms with Gasteiger partial charge in [0.25, 0.3) is 0 Å². The molecule has 1 heterocycles. The zero-order valence-electron chi connectivity index (χ0n) is 7.53. The van der Waals surface area contributed by atoms with Gasteiger partial charge in [0.1, 0.15) is 12.3 Å². The summed E-state index contributed by atoms with van der Waals surface area (Å²) in [6, 6.07) is 7.95. The Morgan fingerprint density at radius 2 is 2.31 bits per heavy atom. The highest BCUT2D eigenvalue weighted by Gasteiger charge is 2.21. The molecular formula is C10H12N2O. The molecule has 0 radical (unpaired) electrons. The molecule has 0 fully saturated rings. The van der Waals surface area contributed by atoms with Gasteiger partial charge in [0.05, 0.1) is 11.4 Å². The second-order valence-corrected chi connectivity index (χ2v) is 3.21. The van der Waals surface area contributed by atoms with Crippen molar-refractivity contribution in [2.75, 3.05) is 23.8 Å².